The largest absolute Gasteiger partial charge is 0.332 e. The second-order valence-electron chi connectivity index (χ2n) is 6.15. The zero-order valence-corrected chi connectivity index (χ0v) is 17.8. The van der Waals surface area contributed by atoms with Crippen molar-refractivity contribution in [2.45, 2.75) is 20.4 Å². The number of halogens is 3. The van der Waals surface area contributed by atoms with Gasteiger partial charge in [0.2, 0.25) is 0 Å². The third kappa shape index (κ3) is 5.14. The summed E-state index contributed by atoms with van der Waals surface area (Å²) in [5.41, 5.74) is 4.28. The lowest BCUT2D eigenvalue weighted by Crippen LogP contribution is -2.19. The van der Waals surface area contributed by atoms with Gasteiger partial charge in [-0.2, -0.15) is 5.10 Å². The minimum absolute atomic E-state index is 0.417. The molecule has 4 nitrogen and oxygen atoms in total. The average Bonchev–Trinajstić information content (AvgIpc) is 2.93. The molecule has 0 saturated carbocycles. The summed E-state index contributed by atoms with van der Waals surface area (Å²) in [6.45, 7) is 4.63. The Balaban J connectivity index is 1.67. The van der Waals surface area contributed by atoms with Crippen LogP contribution in [0.25, 0.3) is 0 Å². The number of aromatic nitrogens is 2. The summed E-state index contributed by atoms with van der Waals surface area (Å²) in [4.78, 5) is 0. The second kappa shape index (κ2) is 8.48. The van der Waals surface area contributed by atoms with E-state index in [9.17, 15) is 0 Å². The highest BCUT2D eigenvalue weighted by Crippen LogP contribution is 2.24. The molecule has 1 aromatic heterocycles. The van der Waals surface area contributed by atoms with Gasteiger partial charge in [-0.25, -0.2) is 0 Å². The molecule has 0 atom stereocenters. The third-order valence-corrected chi connectivity index (χ3v) is 5.26. The Morgan fingerprint density at radius 1 is 0.963 bits per heavy atom. The van der Waals surface area contributed by atoms with Crippen LogP contribution < -0.4 is 10.6 Å². The molecule has 0 saturated heterocycles. The fourth-order valence-electron chi connectivity index (χ4n) is 2.48. The van der Waals surface area contributed by atoms with Crippen molar-refractivity contribution in [3.63, 3.8) is 0 Å². The van der Waals surface area contributed by atoms with Crippen LogP contribution in [0.1, 0.15) is 16.7 Å². The van der Waals surface area contributed by atoms with E-state index in [0.717, 1.165) is 11.3 Å². The molecule has 8 heteroatoms. The molecule has 1 heterocycles. The van der Waals surface area contributed by atoms with Crippen molar-refractivity contribution in [1.29, 1.82) is 0 Å². The lowest BCUT2D eigenvalue weighted by Gasteiger charge is -2.10. The smallest absolute Gasteiger partial charge is 0.176 e. The molecule has 0 radical (unpaired) electrons. The molecule has 0 aliphatic heterocycles. The molecule has 0 spiro atoms. The minimum Gasteiger partial charge on any atom is -0.332 e. The second-order valence-corrected chi connectivity index (χ2v) is 7.78. The molecule has 0 unspecified atom stereocenters. The van der Waals surface area contributed by atoms with Crippen LogP contribution in [0.2, 0.25) is 15.1 Å². The predicted molar refractivity (Wildman–Crippen MR) is 119 cm³/mol. The van der Waals surface area contributed by atoms with E-state index in [0.29, 0.717) is 32.5 Å². The van der Waals surface area contributed by atoms with Crippen LogP contribution in [0.5, 0.6) is 0 Å². The van der Waals surface area contributed by atoms with Crippen LogP contribution >= 0.6 is 47.0 Å². The topological polar surface area (TPSA) is 41.9 Å². The van der Waals surface area contributed by atoms with Crippen LogP contribution in [0.3, 0.4) is 0 Å². The molecule has 0 bridgehead atoms. The van der Waals surface area contributed by atoms with Crippen molar-refractivity contribution in [1.82, 2.24) is 9.78 Å². The SMILES string of the molecule is Cc1ccc(NC(=S)Nc2nn(Cc3ccc(Cl)c(Cl)c3)cc2Cl)cc1C. The molecule has 2 aromatic carbocycles. The Kier molecular flexibility index (Phi) is 6.27. The first-order chi connectivity index (χ1) is 12.8. The Hall–Kier alpha value is -1.79. The summed E-state index contributed by atoms with van der Waals surface area (Å²) in [7, 11) is 0. The van der Waals surface area contributed by atoms with Crippen molar-refractivity contribution in [3.8, 4) is 0 Å². The summed E-state index contributed by atoms with van der Waals surface area (Å²) in [6.07, 6.45) is 1.73. The zero-order valence-electron chi connectivity index (χ0n) is 14.7. The quantitative estimate of drug-likeness (QED) is 0.467. The molecule has 27 heavy (non-hydrogen) atoms. The molecule has 0 amide bonds. The molecule has 3 rings (SSSR count). The van der Waals surface area contributed by atoms with Crippen molar-refractivity contribution < 1.29 is 0 Å². The number of thiocarbonyl (C=S) groups is 1. The van der Waals surface area contributed by atoms with E-state index < -0.39 is 0 Å². The Labute approximate surface area is 178 Å². The highest BCUT2D eigenvalue weighted by molar-refractivity contribution is 7.80. The van der Waals surface area contributed by atoms with Gasteiger partial charge in [-0.15, -0.1) is 0 Å². The maximum absolute atomic E-state index is 6.28. The monoisotopic (exact) mass is 438 g/mol. The van der Waals surface area contributed by atoms with Crippen LogP contribution in [0, 0.1) is 13.8 Å². The van der Waals surface area contributed by atoms with Gasteiger partial charge in [0.25, 0.3) is 0 Å². The number of benzene rings is 2. The van der Waals surface area contributed by atoms with Crippen molar-refractivity contribution in [3.05, 3.63) is 74.4 Å². The fourth-order valence-corrected chi connectivity index (χ4v) is 3.21. The van der Waals surface area contributed by atoms with Gasteiger partial charge < -0.3 is 10.6 Å². The standard InChI is InChI=1S/C19H17Cl3N4S/c1-11-3-5-14(7-12(11)2)23-19(27)24-18-17(22)10-26(25-18)9-13-4-6-15(20)16(21)8-13/h3-8,10H,9H2,1-2H3,(H2,23,24,25,27). The van der Waals surface area contributed by atoms with E-state index in [1.54, 1.807) is 23.0 Å². The summed E-state index contributed by atoms with van der Waals surface area (Å²) in [6, 6.07) is 11.5. The van der Waals surface area contributed by atoms with Gasteiger partial charge in [-0.3, -0.25) is 4.68 Å². The van der Waals surface area contributed by atoms with E-state index in [4.69, 9.17) is 47.0 Å². The van der Waals surface area contributed by atoms with Gasteiger partial charge in [-0.05, 0) is 67.0 Å². The average molecular weight is 440 g/mol. The van der Waals surface area contributed by atoms with Gasteiger partial charge in [0.05, 0.1) is 16.6 Å². The first-order valence-corrected chi connectivity index (χ1v) is 9.68. The van der Waals surface area contributed by atoms with Gasteiger partial charge in [0.15, 0.2) is 10.9 Å². The number of aryl methyl sites for hydroxylation is 2. The molecular weight excluding hydrogens is 423 g/mol. The summed E-state index contributed by atoms with van der Waals surface area (Å²) >= 11 is 23.6. The third-order valence-electron chi connectivity index (χ3n) is 4.04. The molecule has 2 N–H and O–H groups in total. The van der Waals surface area contributed by atoms with E-state index in [2.05, 4.69) is 29.6 Å². The first-order valence-electron chi connectivity index (χ1n) is 8.14. The first kappa shape index (κ1) is 20.0. The lowest BCUT2D eigenvalue weighted by atomic mass is 10.1. The fraction of sp³-hybridized carbons (Fsp3) is 0.158. The summed E-state index contributed by atoms with van der Waals surface area (Å²) in [5, 5.41) is 12.5. The Morgan fingerprint density at radius 2 is 1.74 bits per heavy atom. The maximum Gasteiger partial charge on any atom is 0.176 e. The van der Waals surface area contributed by atoms with Crippen LogP contribution in [-0.2, 0) is 6.54 Å². The van der Waals surface area contributed by atoms with Crippen molar-refractivity contribution >= 4 is 63.6 Å². The highest BCUT2D eigenvalue weighted by atomic mass is 35.5. The Morgan fingerprint density at radius 3 is 2.44 bits per heavy atom. The van der Waals surface area contributed by atoms with Crippen LogP contribution in [0.4, 0.5) is 11.5 Å². The zero-order chi connectivity index (χ0) is 19.6. The van der Waals surface area contributed by atoms with Crippen molar-refractivity contribution in [2.75, 3.05) is 10.6 Å². The molecule has 0 fully saturated rings. The van der Waals surface area contributed by atoms with Crippen molar-refractivity contribution in [2.24, 2.45) is 0 Å². The maximum atomic E-state index is 6.28. The van der Waals surface area contributed by atoms with Crippen LogP contribution in [-0.4, -0.2) is 14.9 Å². The van der Waals surface area contributed by atoms with Gasteiger partial charge >= 0.3 is 0 Å². The number of hydrogen-bond donors (Lipinski definition) is 2. The molecule has 0 aliphatic rings. The van der Waals surface area contributed by atoms with Gasteiger partial charge in [-0.1, -0.05) is 46.9 Å². The normalized spacial score (nSPS) is 10.7. The number of nitrogens with zero attached hydrogens (tertiary/aromatic N) is 2. The Bertz CT molecular complexity index is 1000. The number of hydrogen-bond acceptors (Lipinski definition) is 2. The molecule has 0 aliphatic carbocycles. The number of rotatable bonds is 4. The van der Waals surface area contributed by atoms with Crippen LogP contribution in [0.15, 0.2) is 42.6 Å². The predicted octanol–water partition coefficient (Wildman–Crippen LogP) is 6.32. The number of anilines is 2. The minimum atomic E-state index is 0.417. The molecule has 140 valence electrons. The van der Waals surface area contributed by atoms with E-state index >= 15 is 0 Å². The van der Waals surface area contributed by atoms with Gasteiger partial charge in [0.1, 0.15) is 5.02 Å². The number of nitrogens with one attached hydrogen (secondary N) is 2. The summed E-state index contributed by atoms with van der Waals surface area (Å²) < 4.78 is 1.71. The molecular formula is C19H17Cl3N4S. The van der Waals surface area contributed by atoms with Gasteiger partial charge in [0, 0.05) is 11.9 Å². The van der Waals surface area contributed by atoms with E-state index in [1.165, 1.54) is 11.1 Å². The highest BCUT2D eigenvalue weighted by Gasteiger charge is 2.10. The van der Waals surface area contributed by atoms with E-state index in [-0.39, 0.29) is 0 Å². The molecule has 3 aromatic rings. The van der Waals surface area contributed by atoms with E-state index in [1.807, 2.05) is 24.3 Å². The summed E-state index contributed by atoms with van der Waals surface area (Å²) in [5.74, 6) is 0.484. The lowest BCUT2D eigenvalue weighted by molar-refractivity contribution is 0.690.